The maximum absolute atomic E-state index is 8.81. The van der Waals surface area contributed by atoms with Gasteiger partial charge in [-0.3, -0.25) is 0 Å². The Bertz CT molecular complexity index is 3210. The van der Waals surface area contributed by atoms with Crippen molar-refractivity contribution in [1.82, 2.24) is 9.97 Å². The average molecular weight is 1050 g/mol. The molecule has 4 heterocycles. The monoisotopic (exact) mass is 1050 g/mol. The first kappa shape index (κ1) is 38.7. The van der Waals surface area contributed by atoms with Gasteiger partial charge < -0.3 is 4.98 Å². The van der Waals surface area contributed by atoms with Gasteiger partial charge in [-0.15, -0.1) is 23.8 Å². The molecule has 0 unspecified atom stereocenters. The molecule has 1 saturated carbocycles. The number of nitrogens with zero attached hydrogens (tertiary/aromatic N) is 2. The van der Waals surface area contributed by atoms with Gasteiger partial charge in [-0.25, -0.2) is 0 Å². The number of hydrogen-bond acceptors (Lipinski definition) is 4. The third-order valence-corrected chi connectivity index (χ3v) is 17.1. The molecule has 1 fully saturated rings. The van der Waals surface area contributed by atoms with Crippen LogP contribution in [0.3, 0.4) is 0 Å². The molecule has 1 aliphatic carbocycles. The molecule has 61 heavy (non-hydrogen) atoms. The Morgan fingerprint density at radius 2 is 1.46 bits per heavy atom. The minimum atomic E-state index is -1.90. The number of fused-ring (bicyclic) bond motifs is 6. The van der Waals surface area contributed by atoms with Crippen molar-refractivity contribution >= 4 is 71.1 Å². The van der Waals surface area contributed by atoms with Gasteiger partial charge >= 0.3 is 174 Å². The van der Waals surface area contributed by atoms with Crippen LogP contribution in [0.25, 0.3) is 86.9 Å². The van der Waals surface area contributed by atoms with Crippen LogP contribution in [0.4, 0.5) is 0 Å². The third-order valence-electron chi connectivity index (χ3n) is 11.7. The van der Waals surface area contributed by atoms with Crippen LogP contribution in [0.5, 0.6) is 0 Å². The summed E-state index contributed by atoms with van der Waals surface area (Å²) in [6.07, 6.45) is 6.66. The van der Waals surface area contributed by atoms with Crippen molar-refractivity contribution in [2.24, 2.45) is 5.92 Å². The molecule has 11 rings (SSSR count). The van der Waals surface area contributed by atoms with E-state index in [-0.39, 0.29) is 26.0 Å². The predicted octanol–water partition coefficient (Wildman–Crippen LogP) is 15.0. The van der Waals surface area contributed by atoms with Crippen molar-refractivity contribution in [1.29, 1.82) is 0 Å². The molecule has 0 saturated heterocycles. The molecule has 0 atom stereocenters. The number of benzene rings is 6. The standard InChI is InChI=1S/C29H24NS.C26H22GeNO.Ir/c1-2-9-22(10-3-1)23-13-14-24-25-11-6-12-26(29(25)31-28(24)19-23)27-18-21(15-16-30-27)17-20-7-4-5-8-20;1-27(2,3)19-13-16-23(28-17-19)21-15-14-20(18-9-5-4-6-10-18)25-22-11-7-8-12-24(22)29-26(21)25;/h1-3,6,9-11,13-16,18-20H,4-5,7-8,17H2;4-14,16-17H,1-3H3;/q2*-1;/i17D2;;. The fourth-order valence-electron chi connectivity index (χ4n) is 8.50. The fraction of sp³-hybridized carbons (Fsp3) is 0.164. The van der Waals surface area contributed by atoms with Crippen LogP contribution in [0, 0.1) is 18.1 Å². The molecular formula is C55H46GeIrN2OS-2. The van der Waals surface area contributed by atoms with Crippen molar-refractivity contribution in [2.75, 3.05) is 0 Å². The SMILES string of the molecule is [2H]C([2H])(c1ccnc(-c2[c-]ccc3c2sc2cc(-c4ccccc4)ccc23)c1)C1CCCC1.[CH3][Ge]([CH3])([CH3])[c]1ccc(-c2[c-]cc(-c3ccccc3)c3c2oc2ccccc23)nc1.[Ir]. The van der Waals surface area contributed by atoms with Crippen LogP contribution in [0.1, 0.15) is 34.0 Å². The molecule has 4 aromatic heterocycles. The molecule has 0 spiro atoms. The maximum atomic E-state index is 8.81. The molecule has 0 aliphatic heterocycles. The number of aromatic nitrogens is 2. The van der Waals surface area contributed by atoms with Crippen LogP contribution < -0.4 is 4.40 Å². The fourth-order valence-corrected chi connectivity index (χ4v) is 11.9. The zero-order valence-electron chi connectivity index (χ0n) is 36.5. The molecule has 0 bridgehead atoms. The molecule has 6 aromatic carbocycles. The number of para-hydroxylation sites is 1. The van der Waals surface area contributed by atoms with E-state index >= 15 is 0 Å². The molecule has 0 N–H and O–H groups in total. The Hall–Kier alpha value is -5.17. The Morgan fingerprint density at radius 1 is 0.705 bits per heavy atom. The largest absolute Gasteiger partial charge is 0 e. The second kappa shape index (κ2) is 17.7. The van der Waals surface area contributed by atoms with Crippen molar-refractivity contribution in [2.45, 2.75) is 49.3 Å². The number of rotatable bonds is 7. The van der Waals surface area contributed by atoms with Gasteiger partial charge in [0, 0.05) is 33.7 Å². The molecule has 3 nitrogen and oxygen atoms in total. The summed E-state index contributed by atoms with van der Waals surface area (Å²) >= 11 is -0.131. The first-order chi connectivity index (χ1) is 30.1. The van der Waals surface area contributed by atoms with E-state index in [0.29, 0.717) is 0 Å². The first-order valence-corrected chi connectivity index (χ1v) is 29.1. The maximum Gasteiger partial charge on any atom is 0 e. The Morgan fingerprint density at radius 3 is 2.21 bits per heavy atom. The summed E-state index contributed by atoms with van der Waals surface area (Å²) in [6.45, 7) is 0. The summed E-state index contributed by atoms with van der Waals surface area (Å²) in [6, 6.07) is 57.0. The quantitative estimate of drug-likeness (QED) is 0.118. The summed E-state index contributed by atoms with van der Waals surface area (Å²) in [4.78, 5) is 9.44. The van der Waals surface area contributed by atoms with E-state index in [9.17, 15) is 0 Å². The normalized spacial score (nSPS) is 13.8. The van der Waals surface area contributed by atoms with Gasteiger partial charge in [-0.2, -0.15) is 11.3 Å². The average Bonchev–Trinajstić information content (AvgIpc) is 4.08. The van der Waals surface area contributed by atoms with Gasteiger partial charge in [0.05, 0.1) is 0 Å². The summed E-state index contributed by atoms with van der Waals surface area (Å²) < 4.78 is 27.8. The Balaban J connectivity index is 0.000000159. The van der Waals surface area contributed by atoms with E-state index in [1.54, 1.807) is 17.5 Å². The first-order valence-electron chi connectivity index (χ1n) is 21.9. The topological polar surface area (TPSA) is 38.9 Å². The number of pyridine rings is 2. The smallest absolute Gasteiger partial charge is 0 e. The number of thiophene rings is 1. The van der Waals surface area contributed by atoms with Crippen LogP contribution in [-0.2, 0) is 26.5 Å². The summed E-state index contributed by atoms with van der Waals surface area (Å²) in [5.74, 6) is 7.24. The van der Waals surface area contributed by atoms with E-state index in [1.165, 1.54) is 31.0 Å². The molecule has 0 amide bonds. The van der Waals surface area contributed by atoms with Gasteiger partial charge in [0.15, 0.2) is 0 Å². The summed E-state index contributed by atoms with van der Waals surface area (Å²) in [5, 5.41) is 4.69. The van der Waals surface area contributed by atoms with E-state index in [4.69, 9.17) is 12.1 Å². The zero-order valence-corrected chi connectivity index (χ0v) is 39.8. The van der Waals surface area contributed by atoms with Gasteiger partial charge in [0.2, 0.25) is 0 Å². The molecule has 1 aliphatic rings. The van der Waals surface area contributed by atoms with Gasteiger partial charge in [0.25, 0.3) is 0 Å². The molecular weight excluding hydrogens is 1000 g/mol. The minimum absolute atomic E-state index is 0. The van der Waals surface area contributed by atoms with E-state index in [0.717, 1.165) is 91.5 Å². The second-order valence-electron chi connectivity index (χ2n) is 16.8. The van der Waals surface area contributed by atoms with Gasteiger partial charge in [0.1, 0.15) is 0 Å². The van der Waals surface area contributed by atoms with Crippen LogP contribution in [0.15, 0.2) is 162 Å². The molecule has 10 aromatic rings. The zero-order chi connectivity index (χ0) is 42.4. The third kappa shape index (κ3) is 8.42. The van der Waals surface area contributed by atoms with E-state index in [2.05, 4.69) is 138 Å². The van der Waals surface area contributed by atoms with Crippen molar-refractivity contribution < 1.29 is 27.3 Å². The van der Waals surface area contributed by atoms with E-state index < -0.39 is 19.6 Å². The minimum Gasteiger partial charge on any atom is 0 e. The molecule has 6 heteroatoms. The Labute approximate surface area is 381 Å². The van der Waals surface area contributed by atoms with Crippen molar-refractivity contribution in [3.8, 4) is 44.8 Å². The molecule has 1 radical (unpaired) electrons. The predicted molar refractivity (Wildman–Crippen MR) is 257 cm³/mol. The number of hydrogen-bond donors (Lipinski definition) is 0. The summed E-state index contributed by atoms with van der Waals surface area (Å²) in [7, 11) is 0. The Kier molecular flexibility index (Phi) is 11.2. The van der Waals surface area contributed by atoms with Gasteiger partial charge in [-0.1, -0.05) is 85.2 Å². The van der Waals surface area contributed by atoms with Crippen LogP contribution in [0.2, 0.25) is 17.3 Å². The van der Waals surface area contributed by atoms with Gasteiger partial charge in [-0.05, 0) is 51.3 Å². The van der Waals surface area contributed by atoms with Crippen molar-refractivity contribution in [3.63, 3.8) is 0 Å². The van der Waals surface area contributed by atoms with Crippen LogP contribution in [-0.4, -0.2) is 23.2 Å². The van der Waals surface area contributed by atoms with E-state index in [1.807, 2.05) is 48.7 Å². The second-order valence-corrected chi connectivity index (χ2v) is 28.5. The summed E-state index contributed by atoms with van der Waals surface area (Å²) in [5.41, 5.74) is 10.8. The van der Waals surface area contributed by atoms with Crippen LogP contribution >= 0.6 is 11.3 Å². The molecule has 303 valence electrons. The number of furan rings is 1. The van der Waals surface area contributed by atoms with Crippen molar-refractivity contribution in [3.05, 3.63) is 176 Å².